The predicted octanol–water partition coefficient (Wildman–Crippen LogP) is 1.55. The summed E-state index contributed by atoms with van der Waals surface area (Å²) < 4.78 is 31.5. The van der Waals surface area contributed by atoms with Crippen LogP contribution in [0.3, 0.4) is 0 Å². The van der Waals surface area contributed by atoms with E-state index < -0.39 is 10.3 Å². The van der Waals surface area contributed by atoms with Crippen LogP contribution in [0.2, 0.25) is 0 Å². The molecule has 0 aliphatic carbocycles. The van der Waals surface area contributed by atoms with E-state index in [-0.39, 0.29) is 11.6 Å². The molecule has 0 radical (unpaired) electrons. The van der Waals surface area contributed by atoms with Gasteiger partial charge in [0.2, 0.25) is 0 Å². The van der Waals surface area contributed by atoms with Crippen LogP contribution in [0.4, 0.5) is 0 Å². The molecule has 80 valence electrons. The van der Waals surface area contributed by atoms with Gasteiger partial charge in [-0.1, -0.05) is 15.9 Å². The maximum Gasteiger partial charge on any atom is 0.430 e. The van der Waals surface area contributed by atoms with Gasteiger partial charge in [-0.3, -0.25) is 0 Å². The van der Waals surface area contributed by atoms with E-state index in [4.69, 9.17) is 9.92 Å². The first-order valence-corrected chi connectivity index (χ1v) is 6.63. The van der Waals surface area contributed by atoms with Gasteiger partial charge in [-0.05, 0) is 28.1 Å². The normalized spacial score (nSPS) is 17.6. The zero-order valence-corrected chi connectivity index (χ0v) is 11.1. The second-order valence-corrected chi connectivity index (χ2v) is 5.72. The molecule has 2 N–H and O–H groups in total. The Kier molecular flexibility index (Phi) is 2.52. The molecule has 0 unspecified atom stereocenters. The predicted molar refractivity (Wildman–Crippen MR) is 62.1 cm³/mol. The summed E-state index contributed by atoms with van der Waals surface area (Å²) in [5.74, 6) is 0.0689. The lowest BCUT2D eigenvalue weighted by molar-refractivity contribution is 0.484. The minimum Gasteiger partial charge on any atom is -0.382 e. The first-order valence-electron chi connectivity index (χ1n) is 3.68. The molecule has 2 rings (SSSR count). The summed E-state index contributed by atoms with van der Waals surface area (Å²) in [6.45, 7) is 0. The average molecular weight is 356 g/mol. The average Bonchev–Trinajstić information content (AvgIpc) is 1.97. The summed E-state index contributed by atoms with van der Waals surface area (Å²) in [7, 11) is -3.96. The summed E-state index contributed by atoms with van der Waals surface area (Å²) in [5.41, 5.74) is 5.96. The Labute approximate surface area is 103 Å². The van der Waals surface area contributed by atoms with Crippen molar-refractivity contribution in [3.63, 3.8) is 0 Å². The number of rotatable bonds is 0. The van der Waals surface area contributed by atoms with Crippen LogP contribution in [0, 0.1) is 0 Å². The smallest absolute Gasteiger partial charge is 0.382 e. The van der Waals surface area contributed by atoms with E-state index in [1.54, 1.807) is 6.07 Å². The topological polar surface area (TPSA) is 81.8 Å². The molecule has 1 heterocycles. The Morgan fingerprint density at radius 1 is 1.33 bits per heavy atom. The third-order valence-electron chi connectivity index (χ3n) is 1.68. The van der Waals surface area contributed by atoms with Crippen LogP contribution in [0.15, 0.2) is 25.5 Å². The number of nitrogens with two attached hydrogens (primary N) is 1. The van der Waals surface area contributed by atoms with Crippen molar-refractivity contribution in [3.8, 4) is 5.75 Å². The molecule has 0 bridgehead atoms. The number of nitrogens with zero attached hydrogens (tertiary/aromatic N) is 1. The fraction of sp³-hybridized carbons (Fsp3) is 0. The highest BCUT2D eigenvalue weighted by molar-refractivity contribution is 9.11. The molecule has 5 nitrogen and oxygen atoms in total. The van der Waals surface area contributed by atoms with Crippen LogP contribution in [0.25, 0.3) is 0 Å². The van der Waals surface area contributed by atoms with Gasteiger partial charge in [-0.15, -0.1) is 4.40 Å². The first kappa shape index (κ1) is 10.9. The van der Waals surface area contributed by atoms with Gasteiger partial charge in [0.05, 0.1) is 5.56 Å². The molecule has 1 aliphatic heterocycles. The Hall–Kier alpha value is -0.600. The van der Waals surface area contributed by atoms with Crippen molar-refractivity contribution in [2.24, 2.45) is 10.1 Å². The largest absolute Gasteiger partial charge is 0.430 e. The van der Waals surface area contributed by atoms with Gasteiger partial charge in [-0.2, -0.15) is 8.42 Å². The van der Waals surface area contributed by atoms with Crippen molar-refractivity contribution >= 4 is 48.0 Å². The van der Waals surface area contributed by atoms with E-state index in [1.165, 1.54) is 6.07 Å². The van der Waals surface area contributed by atoms with Gasteiger partial charge in [0, 0.05) is 8.95 Å². The van der Waals surface area contributed by atoms with Gasteiger partial charge < -0.3 is 9.92 Å². The highest BCUT2D eigenvalue weighted by Crippen LogP contribution is 2.34. The van der Waals surface area contributed by atoms with Crippen LogP contribution >= 0.6 is 31.9 Å². The quantitative estimate of drug-likeness (QED) is 0.765. The number of halogens is 2. The maximum absolute atomic E-state index is 11.1. The summed E-state index contributed by atoms with van der Waals surface area (Å²) >= 11 is 6.46. The Bertz CT molecular complexity index is 568. The minimum absolute atomic E-state index is 0.0874. The van der Waals surface area contributed by atoms with Crippen LogP contribution in [-0.4, -0.2) is 14.3 Å². The molecule has 0 amide bonds. The molecule has 0 spiro atoms. The van der Waals surface area contributed by atoms with Crippen molar-refractivity contribution in [1.29, 1.82) is 0 Å². The SMILES string of the molecule is NC1=NS(=O)(=O)Oc2cc(Br)cc(Br)c21. The lowest BCUT2D eigenvalue weighted by Gasteiger charge is -2.15. The molecule has 0 atom stereocenters. The fourth-order valence-electron chi connectivity index (χ4n) is 1.16. The van der Waals surface area contributed by atoms with Gasteiger partial charge in [0.25, 0.3) is 0 Å². The first-order chi connectivity index (χ1) is 6.89. The van der Waals surface area contributed by atoms with Crippen LogP contribution < -0.4 is 9.92 Å². The van der Waals surface area contributed by atoms with Crippen molar-refractivity contribution in [2.75, 3.05) is 0 Å². The molecular weight excluding hydrogens is 352 g/mol. The zero-order valence-electron chi connectivity index (χ0n) is 7.07. The Balaban J connectivity index is 2.76. The fourth-order valence-corrected chi connectivity index (χ4v) is 3.28. The van der Waals surface area contributed by atoms with E-state index in [2.05, 4.69) is 36.3 Å². The highest BCUT2D eigenvalue weighted by Gasteiger charge is 2.25. The molecule has 8 heteroatoms. The summed E-state index contributed by atoms with van der Waals surface area (Å²) in [4.78, 5) is 0. The summed E-state index contributed by atoms with van der Waals surface area (Å²) in [6.07, 6.45) is 0. The van der Waals surface area contributed by atoms with Gasteiger partial charge in [0.1, 0.15) is 0 Å². The third kappa shape index (κ3) is 2.01. The monoisotopic (exact) mass is 354 g/mol. The molecule has 0 saturated heterocycles. The van der Waals surface area contributed by atoms with Gasteiger partial charge in [-0.25, -0.2) is 0 Å². The molecule has 0 aromatic heterocycles. The van der Waals surface area contributed by atoms with Crippen molar-refractivity contribution < 1.29 is 12.6 Å². The zero-order chi connectivity index (χ0) is 11.2. The summed E-state index contributed by atoms with van der Waals surface area (Å²) in [5, 5.41) is 0. The van der Waals surface area contributed by atoms with Gasteiger partial charge in [0.15, 0.2) is 11.6 Å². The number of fused-ring (bicyclic) bond motifs is 1. The highest BCUT2D eigenvalue weighted by atomic mass is 79.9. The molecule has 1 aliphatic rings. The van der Waals surface area contributed by atoms with Crippen molar-refractivity contribution in [2.45, 2.75) is 0 Å². The van der Waals surface area contributed by atoms with Crippen molar-refractivity contribution in [3.05, 3.63) is 26.6 Å². The number of benzene rings is 1. The number of hydrogen-bond acceptors (Lipinski definition) is 4. The third-order valence-corrected chi connectivity index (χ3v) is 3.57. The molecule has 15 heavy (non-hydrogen) atoms. The molecule has 0 fully saturated rings. The maximum atomic E-state index is 11.1. The van der Waals surface area contributed by atoms with E-state index in [0.717, 1.165) is 0 Å². The van der Waals surface area contributed by atoms with E-state index in [9.17, 15) is 8.42 Å². The number of hydrogen-bond donors (Lipinski definition) is 1. The minimum atomic E-state index is -3.96. The lowest BCUT2D eigenvalue weighted by atomic mass is 10.2. The standard InChI is InChI=1S/C7H4Br2N2O3S/c8-3-1-4(9)6-5(2-3)14-15(12,13)11-7(6)10/h1-2H,(H2,10,11). The Morgan fingerprint density at radius 3 is 2.67 bits per heavy atom. The molecule has 1 aromatic carbocycles. The lowest BCUT2D eigenvalue weighted by Crippen LogP contribution is -2.24. The second kappa shape index (κ2) is 3.46. The Morgan fingerprint density at radius 2 is 2.00 bits per heavy atom. The molecular formula is C7H4Br2N2O3S. The van der Waals surface area contributed by atoms with Gasteiger partial charge >= 0.3 is 10.3 Å². The van der Waals surface area contributed by atoms with Crippen LogP contribution in [-0.2, 0) is 10.3 Å². The van der Waals surface area contributed by atoms with Crippen LogP contribution in [0.1, 0.15) is 5.56 Å². The summed E-state index contributed by atoms with van der Waals surface area (Å²) in [6, 6.07) is 3.24. The van der Waals surface area contributed by atoms with E-state index >= 15 is 0 Å². The molecule has 0 saturated carbocycles. The second-order valence-electron chi connectivity index (χ2n) is 2.75. The molecule has 1 aromatic rings. The van der Waals surface area contributed by atoms with Crippen LogP contribution in [0.5, 0.6) is 5.75 Å². The number of amidine groups is 1. The van der Waals surface area contributed by atoms with E-state index in [1.807, 2.05) is 0 Å². The van der Waals surface area contributed by atoms with Crippen molar-refractivity contribution in [1.82, 2.24) is 0 Å². The van der Waals surface area contributed by atoms with E-state index in [0.29, 0.717) is 14.5 Å².